The van der Waals surface area contributed by atoms with Crippen molar-refractivity contribution >= 4 is 0 Å². The Balaban J connectivity index is 0.000000205. The van der Waals surface area contributed by atoms with E-state index >= 15 is 0 Å². The maximum atomic E-state index is 4.04. The summed E-state index contributed by atoms with van der Waals surface area (Å²) in [5, 5.41) is 0. The van der Waals surface area contributed by atoms with Crippen molar-refractivity contribution < 1.29 is 17.1 Å². The molecule has 1 aromatic heterocycles. The van der Waals surface area contributed by atoms with Crippen LogP contribution >= 0.6 is 0 Å². The van der Waals surface area contributed by atoms with E-state index in [-0.39, 0.29) is 17.1 Å². The molecule has 2 aromatic carbocycles. The predicted molar refractivity (Wildman–Crippen MR) is 67.3 cm³/mol. The van der Waals surface area contributed by atoms with Gasteiger partial charge in [0.25, 0.3) is 0 Å². The molecule has 0 N–H and O–H groups in total. The molecule has 0 aliphatic rings. The summed E-state index contributed by atoms with van der Waals surface area (Å²) in [5.74, 6) is 0. The van der Waals surface area contributed by atoms with Gasteiger partial charge < -0.3 is 4.98 Å². The van der Waals surface area contributed by atoms with Gasteiger partial charge in [0.2, 0.25) is 0 Å². The number of nitrogens with zero attached hydrogens (tertiary/aromatic N) is 1. The molecule has 3 aromatic rings. The van der Waals surface area contributed by atoms with Gasteiger partial charge in [0.1, 0.15) is 0 Å². The van der Waals surface area contributed by atoms with E-state index in [1.54, 1.807) is 6.20 Å². The number of hydrogen-bond donors (Lipinski definition) is 0. The van der Waals surface area contributed by atoms with Gasteiger partial charge in [-0.05, 0) is 6.20 Å². The molecule has 0 bridgehead atoms. The van der Waals surface area contributed by atoms with Crippen LogP contribution in [0.5, 0.6) is 0 Å². The second-order valence-corrected chi connectivity index (χ2v) is 3.38. The minimum atomic E-state index is 0. The van der Waals surface area contributed by atoms with Crippen molar-refractivity contribution in [3.8, 4) is 11.1 Å². The number of pyridine rings is 1. The number of hydrogen-bond acceptors (Lipinski definition) is 1. The van der Waals surface area contributed by atoms with Crippen LogP contribution in [0.2, 0.25) is 0 Å². The topological polar surface area (TPSA) is 12.9 Å². The first-order chi connectivity index (χ1) is 7.97. The molecule has 86 valence electrons. The molecular formula is C15H13FeN. The van der Waals surface area contributed by atoms with Crippen molar-refractivity contribution in [1.29, 1.82) is 0 Å². The molecule has 1 nitrogen and oxygen atoms in total. The van der Waals surface area contributed by atoms with E-state index in [0.717, 1.165) is 0 Å². The Morgan fingerprint density at radius 3 is 2.12 bits per heavy atom. The molecule has 0 saturated heterocycles. The van der Waals surface area contributed by atoms with Gasteiger partial charge in [-0.3, -0.25) is 0 Å². The summed E-state index contributed by atoms with van der Waals surface area (Å²) < 4.78 is 0. The van der Waals surface area contributed by atoms with Crippen LogP contribution in [-0.4, -0.2) is 4.98 Å². The Morgan fingerprint density at radius 1 is 0.941 bits per heavy atom. The minimum Gasteiger partial charge on any atom is -0.303 e. The molecule has 0 unspecified atom stereocenters. The van der Waals surface area contributed by atoms with Crippen molar-refractivity contribution in [2.45, 2.75) is 0 Å². The molecule has 0 atom stereocenters. The molecule has 0 fully saturated rings. The third kappa shape index (κ3) is 4.39. The Hall–Kier alpha value is -1.63. The maximum absolute atomic E-state index is 4.04. The van der Waals surface area contributed by atoms with Crippen LogP contribution in [0.3, 0.4) is 0 Å². The normalized spacial score (nSPS) is 8.71. The van der Waals surface area contributed by atoms with Crippen molar-refractivity contribution in [1.82, 2.24) is 4.98 Å². The van der Waals surface area contributed by atoms with E-state index in [1.165, 1.54) is 11.1 Å². The van der Waals surface area contributed by atoms with Crippen molar-refractivity contribution in [3.05, 3.63) is 79.1 Å². The van der Waals surface area contributed by atoms with Gasteiger partial charge >= 0.3 is 17.1 Å². The fraction of sp³-hybridized carbons (Fsp3) is 0. The van der Waals surface area contributed by atoms with Crippen molar-refractivity contribution in [2.24, 2.45) is 0 Å². The van der Waals surface area contributed by atoms with Crippen LogP contribution in [0.25, 0.3) is 11.1 Å². The third-order valence-corrected chi connectivity index (χ3v) is 2.21. The molecule has 3 rings (SSSR count). The summed E-state index contributed by atoms with van der Waals surface area (Å²) in [5.41, 5.74) is 2.41. The molecule has 0 aliphatic carbocycles. The largest absolute Gasteiger partial charge is 2.00 e. The van der Waals surface area contributed by atoms with Gasteiger partial charge in [0.15, 0.2) is 0 Å². The van der Waals surface area contributed by atoms with Crippen LogP contribution in [0.1, 0.15) is 0 Å². The maximum Gasteiger partial charge on any atom is 2.00 e. The van der Waals surface area contributed by atoms with Crippen LogP contribution in [0.4, 0.5) is 0 Å². The first kappa shape index (κ1) is 13.4. The molecule has 2 heteroatoms. The average molecular weight is 263 g/mol. The van der Waals surface area contributed by atoms with Gasteiger partial charge in [0.05, 0.1) is 0 Å². The zero-order valence-corrected chi connectivity index (χ0v) is 10.4. The first-order valence-electron chi connectivity index (χ1n) is 5.25. The van der Waals surface area contributed by atoms with Gasteiger partial charge in [0, 0.05) is 6.20 Å². The van der Waals surface area contributed by atoms with E-state index in [9.17, 15) is 0 Å². The number of rotatable bonds is 1. The van der Waals surface area contributed by atoms with Gasteiger partial charge in [-0.1, -0.05) is 17.2 Å². The van der Waals surface area contributed by atoms with Crippen molar-refractivity contribution in [2.75, 3.05) is 0 Å². The standard InChI is InChI=1S/C10H8N.C5H5.Fe/c1-2-5-9(4-1)10-6-3-7-11-8-10;1-2-4-5-3-1;/h1-8H;1-5H;/q2*-1;+2. The van der Waals surface area contributed by atoms with E-state index in [1.807, 2.05) is 54.7 Å². The molecule has 0 radical (unpaired) electrons. The van der Waals surface area contributed by atoms with Crippen molar-refractivity contribution in [3.63, 3.8) is 0 Å². The molecular weight excluding hydrogens is 250 g/mol. The Kier molecular flexibility index (Phi) is 6.02. The second kappa shape index (κ2) is 7.61. The van der Waals surface area contributed by atoms with Gasteiger partial charge in [-0.2, -0.15) is 30.3 Å². The van der Waals surface area contributed by atoms with Crippen LogP contribution in [0.15, 0.2) is 79.1 Å². The monoisotopic (exact) mass is 263 g/mol. The van der Waals surface area contributed by atoms with Gasteiger partial charge in [-0.25, -0.2) is 12.1 Å². The fourth-order valence-corrected chi connectivity index (χ4v) is 1.42. The predicted octanol–water partition coefficient (Wildman–Crippen LogP) is 3.87. The SMILES string of the molecule is [Fe+2].c1cc[cH-]c1.c1cncc(-[c-]2cccc2)c1. The molecule has 17 heavy (non-hydrogen) atoms. The molecule has 0 saturated carbocycles. The summed E-state index contributed by atoms with van der Waals surface area (Å²) in [7, 11) is 0. The molecule has 0 spiro atoms. The van der Waals surface area contributed by atoms with Crippen LogP contribution < -0.4 is 0 Å². The Labute approximate surface area is 112 Å². The van der Waals surface area contributed by atoms with E-state index in [4.69, 9.17) is 0 Å². The van der Waals surface area contributed by atoms with E-state index in [0.29, 0.717) is 0 Å². The second-order valence-electron chi connectivity index (χ2n) is 3.38. The fourth-order valence-electron chi connectivity index (χ4n) is 1.42. The minimum absolute atomic E-state index is 0. The first-order valence-corrected chi connectivity index (χ1v) is 5.25. The average Bonchev–Trinajstić information content (AvgIpc) is 3.07. The number of aromatic nitrogens is 1. The summed E-state index contributed by atoms with van der Waals surface area (Å²) >= 11 is 0. The molecule has 0 amide bonds. The van der Waals surface area contributed by atoms with Crippen LogP contribution in [-0.2, 0) is 17.1 Å². The summed E-state index contributed by atoms with van der Waals surface area (Å²) in [6.07, 6.45) is 3.65. The molecule has 0 aliphatic heterocycles. The Bertz CT molecular complexity index is 452. The molecule has 1 heterocycles. The zero-order valence-electron chi connectivity index (χ0n) is 9.31. The summed E-state index contributed by atoms with van der Waals surface area (Å²) in [6, 6.07) is 22.2. The Morgan fingerprint density at radius 2 is 1.65 bits per heavy atom. The van der Waals surface area contributed by atoms with E-state index < -0.39 is 0 Å². The van der Waals surface area contributed by atoms with Gasteiger partial charge in [-0.15, -0.1) is 18.2 Å². The third-order valence-electron chi connectivity index (χ3n) is 2.21. The smallest absolute Gasteiger partial charge is 0.303 e. The summed E-state index contributed by atoms with van der Waals surface area (Å²) in [4.78, 5) is 4.04. The summed E-state index contributed by atoms with van der Waals surface area (Å²) in [6.45, 7) is 0. The van der Waals surface area contributed by atoms with E-state index in [2.05, 4.69) is 23.2 Å². The zero-order chi connectivity index (χ0) is 11.1. The van der Waals surface area contributed by atoms with Crippen LogP contribution in [0, 0.1) is 0 Å². The quantitative estimate of drug-likeness (QED) is 0.479.